The van der Waals surface area contributed by atoms with Crippen molar-refractivity contribution >= 4 is 17.1 Å². The molecule has 0 aromatic heterocycles. The van der Waals surface area contributed by atoms with Crippen molar-refractivity contribution in [3.05, 3.63) is 163 Å². The van der Waals surface area contributed by atoms with Crippen molar-refractivity contribution in [2.75, 3.05) is 4.90 Å². The lowest BCUT2D eigenvalue weighted by atomic mass is 10.0. The Morgan fingerprint density at radius 1 is 0.459 bits per heavy atom. The van der Waals surface area contributed by atoms with Crippen molar-refractivity contribution in [3.8, 4) is 22.3 Å². The zero-order valence-corrected chi connectivity index (χ0v) is 21.2. The number of rotatable bonds is 8. The highest BCUT2D eigenvalue weighted by Crippen LogP contribution is 2.36. The van der Waals surface area contributed by atoms with Crippen molar-refractivity contribution in [1.82, 2.24) is 0 Å². The van der Waals surface area contributed by atoms with Gasteiger partial charge in [-0.15, -0.1) is 0 Å². The summed E-state index contributed by atoms with van der Waals surface area (Å²) in [4.78, 5) is 2.32. The van der Waals surface area contributed by atoms with Gasteiger partial charge >= 0.3 is 0 Å². The molecule has 0 saturated carbocycles. The van der Waals surface area contributed by atoms with Crippen LogP contribution in [0, 0.1) is 0 Å². The Morgan fingerprint density at radius 2 is 0.865 bits per heavy atom. The molecule has 0 atom stereocenters. The standard InChI is InChI=1S/C36H31N/c1-2-3-4-7-12-29-17-23-34(24-18-29)37(35-25-19-32(20-26-35)30-13-8-5-9-14-30)36-27-21-33(22-28-36)31-15-10-6-11-16-31/h2-11,13-28H,12H2,1H3/b3-2-,7-4-. The molecule has 1 heteroatoms. The first-order valence-electron chi connectivity index (χ1n) is 12.8. The van der Waals surface area contributed by atoms with Gasteiger partial charge in [-0.25, -0.2) is 0 Å². The van der Waals surface area contributed by atoms with E-state index in [4.69, 9.17) is 0 Å². The monoisotopic (exact) mass is 477 g/mol. The van der Waals surface area contributed by atoms with Gasteiger partial charge in [-0.1, -0.05) is 121 Å². The molecule has 0 radical (unpaired) electrons. The predicted octanol–water partition coefficient (Wildman–Crippen LogP) is 10.2. The number of allylic oxidation sites excluding steroid dienone is 4. The van der Waals surface area contributed by atoms with Gasteiger partial charge in [-0.2, -0.15) is 0 Å². The van der Waals surface area contributed by atoms with Crippen LogP contribution in [0.1, 0.15) is 12.5 Å². The van der Waals surface area contributed by atoms with E-state index < -0.39 is 0 Å². The summed E-state index contributed by atoms with van der Waals surface area (Å²) >= 11 is 0. The summed E-state index contributed by atoms with van der Waals surface area (Å²) in [5.74, 6) is 0. The summed E-state index contributed by atoms with van der Waals surface area (Å²) in [6.45, 7) is 2.03. The number of anilines is 3. The average Bonchev–Trinajstić information content (AvgIpc) is 2.98. The van der Waals surface area contributed by atoms with Crippen molar-refractivity contribution in [3.63, 3.8) is 0 Å². The van der Waals surface area contributed by atoms with Crippen molar-refractivity contribution in [2.24, 2.45) is 0 Å². The van der Waals surface area contributed by atoms with E-state index in [0.29, 0.717) is 0 Å². The molecule has 0 aliphatic carbocycles. The van der Waals surface area contributed by atoms with Crippen LogP contribution in [0.4, 0.5) is 17.1 Å². The Bertz CT molecular complexity index is 1360. The van der Waals surface area contributed by atoms with Gasteiger partial charge in [0.15, 0.2) is 0 Å². The van der Waals surface area contributed by atoms with Gasteiger partial charge in [-0.3, -0.25) is 0 Å². The molecule has 0 amide bonds. The van der Waals surface area contributed by atoms with E-state index in [1.807, 2.05) is 13.0 Å². The summed E-state index contributed by atoms with van der Waals surface area (Å²) in [6, 6.07) is 47.6. The second kappa shape index (κ2) is 11.9. The van der Waals surface area contributed by atoms with E-state index in [1.54, 1.807) is 0 Å². The van der Waals surface area contributed by atoms with E-state index in [1.165, 1.54) is 27.8 Å². The minimum absolute atomic E-state index is 0.919. The predicted molar refractivity (Wildman–Crippen MR) is 160 cm³/mol. The van der Waals surface area contributed by atoms with Crippen LogP contribution in [-0.2, 0) is 6.42 Å². The highest BCUT2D eigenvalue weighted by atomic mass is 15.1. The molecule has 0 heterocycles. The van der Waals surface area contributed by atoms with Crippen molar-refractivity contribution in [1.29, 1.82) is 0 Å². The normalized spacial score (nSPS) is 11.3. The lowest BCUT2D eigenvalue weighted by molar-refractivity contribution is 1.24. The molecule has 0 spiro atoms. The zero-order chi connectivity index (χ0) is 25.3. The summed E-state index contributed by atoms with van der Waals surface area (Å²) in [5, 5.41) is 0. The molecule has 0 aliphatic heterocycles. The van der Waals surface area contributed by atoms with Crippen LogP contribution >= 0.6 is 0 Å². The minimum Gasteiger partial charge on any atom is -0.311 e. The zero-order valence-electron chi connectivity index (χ0n) is 21.2. The molecule has 0 saturated heterocycles. The maximum Gasteiger partial charge on any atom is 0.0462 e. The number of hydrogen-bond acceptors (Lipinski definition) is 1. The summed E-state index contributed by atoms with van der Waals surface area (Å²) < 4.78 is 0. The largest absolute Gasteiger partial charge is 0.311 e. The molecule has 5 rings (SSSR count). The average molecular weight is 478 g/mol. The second-order valence-corrected chi connectivity index (χ2v) is 8.99. The molecular weight excluding hydrogens is 446 g/mol. The van der Waals surface area contributed by atoms with Gasteiger partial charge < -0.3 is 4.90 Å². The molecular formula is C36H31N. The third-order valence-corrected chi connectivity index (χ3v) is 6.45. The van der Waals surface area contributed by atoms with Gasteiger partial charge in [0.2, 0.25) is 0 Å². The van der Waals surface area contributed by atoms with Gasteiger partial charge in [0.05, 0.1) is 0 Å². The summed E-state index contributed by atoms with van der Waals surface area (Å²) in [7, 11) is 0. The maximum absolute atomic E-state index is 2.32. The van der Waals surface area contributed by atoms with Gasteiger partial charge in [0.25, 0.3) is 0 Å². The quantitative estimate of drug-likeness (QED) is 0.201. The van der Waals surface area contributed by atoms with Crippen molar-refractivity contribution < 1.29 is 0 Å². The molecule has 0 aliphatic rings. The minimum atomic E-state index is 0.919. The Hall–Kier alpha value is -4.62. The fraction of sp³-hybridized carbons (Fsp3) is 0.0556. The Kier molecular flexibility index (Phi) is 7.73. The fourth-order valence-electron chi connectivity index (χ4n) is 4.49. The van der Waals surface area contributed by atoms with E-state index >= 15 is 0 Å². The Labute approximate surface area is 220 Å². The van der Waals surface area contributed by atoms with Crippen molar-refractivity contribution in [2.45, 2.75) is 13.3 Å². The van der Waals surface area contributed by atoms with Crippen LogP contribution in [0.2, 0.25) is 0 Å². The summed E-state index contributed by atoms with van der Waals surface area (Å²) in [6.07, 6.45) is 9.32. The van der Waals surface area contributed by atoms with E-state index in [0.717, 1.165) is 23.5 Å². The van der Waals surface area contributed by atoms with Crippen LogP contribution in [0.15, 0.2) is 158 Å². The first-order chi connectivity index (χ1) is 18.3. The summed E-state index contributed by atoms with van der Waals surface area (Å²) in [5.41, 5.74) is 9.58. The highest BCUT2D eigenvalue weighted by molar-refractivity contribution is 5.79. The Morgan fingerprint density at radius 3 is 1.30 bits per heavy atom. The molecule has 5 aromatic carbocycles. The van der Waals surface area contributed by atoms with Crippen LogP contribution in [0.3, 0.4) is 0 Å². The molecule has 5 aromatic rings. The first kappa shape index (κ1) is 24.1. The van der Waals surface area contributed by atoms with Crippen LogP contribution in [-0.4, -0.2) is 0 Å². The van der Waals surface area contributed by atoms with Gasteiger partial charge in [0.1, 0.15) is 0 Å². The maximum atomic E-state index is 2.32. The number of hydrogen-bond donors (Lipinski definition) is 0. The van der Waals surface area contributed by atoms with Gasteiger partial charge in [-0.05, 0) is 77.6 Å². The number of nitrogens with zero attached hydrogens (tertiary/aromatic N) is 1. The van der Waals surface area contributed by atoms with Gasteiger partial charge in [0, 0.05) is 17.1 Å². The van der Waals surface area contributed by atoms with Crippen LogP contribution in [0.5, 0.6) is 0 Å². The second-order valence-electron chi connectivity index (χ2n) is 8.99. The Balaban J connectivity index is 1.48. The lowest BCUT2D eigenvalue weighted by Gasteiger charge is -2.26. The first-order valence-corrected chi connectivity index (χ1v) is 12.8. The third kappa shape index (κ3) is 5.97. The van der Waals surface area contributed by atoms with Crippen LogP contribution < -0.4 is 4.90 Å². The molecule has 1 nitrogen and oxygen atoms in total. The fourth-order valence-corrected chi connectivity index (χ4v) is 4.49. The molecule has 0 bridgehead atoms. The highest BCUT2D eigenvalue weighted by Gasteiger charge is 2.13. The van der Waals surface area contributed by atoms with E-state index in [2.05, 4.69) is 157 Å². The molecule has 0 fully saturated rings. The topological polar surface area (TPSA) is 3.24 Å². The number of benzene rings is 5. The SMILES string of the molecule is C/C=C\C=C/Cc1ccc(N(c2ccc(-c3ccccc3)cc2)c2ccc(-c3ccccc3)cc2)cc1. The third-order valence-electron chi connectivity index (χ3n) is 6.45. The lowest BCUT2D eigenvalue weighted by Crippen LogP contribution is -2.10. The molecule has 0 unspecified atom stereocenters. The molecule has 180 valence electrons. The smallest absolute Gasteiger partial charge is 0.0462 e. The van der Waals surface area contributed by atoms with E-state index in [9.17, 15) is 0 Å². The van der Waals surface area contributed by atoms with Crippen LogP contribution in [0.25, 0.3) is 22.3 Å². The molecule has 0 N–H and O–H groups in total. The molecule has 37 heavy (non-hydrogen) atoms. The van der Waals surface area contributed by atoms with E-state index in [-0.39, 0.29) is 0 Å².